The van der Waals surface area contributed by atoms with Gasteiger partial charge in [0, 0.05) is 12.6 Å². The fourth-order valence-corrected chi connectivity index (χ4v) is 2.87. The summed E-state index contributed by atoms with van der Waals surface area (Å²) >= 11 is 0. The molecule has 0 saturated heterocycles. The third kappa shape index (κ3) is 4.73. The van der Waals surface area contributed by atoms with Crippen molar-refractivity contribution in [2.24, 2.45) is 0 Å². The van der Waals surface area contributed by atoms with Gasteiger partial charge in [0.25, 0.3) is 0 Å². The minimum atomic E-state index is -0.118. The molecule has 1 aromatic rings. The first-order valence-corrected chi connectivity index (χ1v) is 8.32. The van der Waals surface area contributed by atoms with Crippen LogP contribution in [-0.2, 0) is 11.3 Å². The molecule has 0 unspecified atom stereocenters. The Morgan fingerprint density at radius 1 is 1.32 bits per heavy atom. The molecule has 1 fully saturated rings. The van der Waals surface area contributed by atoms with E-state index in [4.69, 9.17) is 4.74 Å². The highest BCUT2D eigenvalue weighted by molar-refractivity contribution is 5.81. The zero-order chi connectivity index (χ0) is 15.9. The van der Waals surface area contributed by atoms with E-state index in [-0.39, 0.29) is 11.9 Å². The Hall–Kier alpha value is -1.55. The maximum absolute atomic E-state index is 12.3. The van der Waals surface area contributed by atoms with E-state index in [1.165, 1.54) is 18.4 Å². The number of carbonyl (C=O) groups excluding carboxylic acids is 1. The Balaban J connectivity index is 1.84. The first-order chi connectivity index (χ1) is 10.6. The molecule has 1 amide bonds. The first-order valence-electron chi connectivity index (χ1n) is 8.32. The van der Waals surface area contributed by atoms with Crippen LogP contribution in [0.5, 0.6) is 5.75 Å². The van der Waals surface area contributed by atoms with Gasteiger partial charge in [-0.2, -0.15) is 0 Å². The largest absolute Gasteiger partial charge is 0.494 e. The smallest absolute Gasteiger partial charge is 0.237 e. The number of ether oxygens (including phenoxy) is 1. The lowest BCUT2D eigenvalue weighted by atomic mass is 10.1. The molecule has 0 heterocycles. The third-order valence-corrected chi connectivity index (χ3v) is 4.41. The maximum atomic E-state index is 12.3. The molecule has 22 heavy (non-hydrogen) atoms. The summed E-state index contributed by atoms with van der Waals surface area (Å²) in [6, 6.07) is 8.35. The van der Waals surface area contributed by atoms with Gasteiger partial charge in [0.05, 0.1) is 12.6 Å². The van der Waals surface area contributed by atoms with Crippen molar-refractivity contribution >= 4 is 5.91 Å². The molecule has 0 aliphatic heterocycles. The minimum absolute atomic E-state index is 0.118. The van der Waals surface area contributed by atoms with E-state index < -0.39 is 0 Å². The van der Waals surface area contributed by atoms with E-state index in [1.54, 1.807) is 0 Å². The van der Waals surface area contributed by atoms with Crippen LogP contribution in [0, 0.1) is 0 Å². The van der Waals surface area contributed by atoms with Gasteiger partial charge in [-0.25, -0.2) is 0 Å². The molecule has 0 spiro atoms. The van der Waals surface area contributed by atoms with Gasteiger partial charge in [-0.3, -0.25) is 9.69 Å². The average molecular weight is 304 g/mol. The van der Waals surface area contributed by atoms with E-state index in [2.05, 4.69) is 22.3 Å². The van der Waals surface area contributed by atoms with Crippen LogP contribution >= 0.6 is 0 Å². The zero-order valence-electron chi connectivity index (χ0n) is 14.0. The normalized spacial score (nSPS) is 16.7. The van der Waals surface area contributed by atoms with Crippen LogP contribution in [0.2, 0.25) is 0 Å². The molecule has 1 atom stereocenters. The second-order valence-electron chi connectivity index (χ2n) is 6.16. The lowest BCUT2D eigenvalue weighted by Gasteiger charge is -2.25. The predicted octanol–water partition coefficient (Wildman–Crippen LogP) is 2.96. The van der Waals surface area contributed by atoms with Crippen molar-refractivity contribution in [2.45, 2.75) is 58.2 Å². The fourth-order valence-electron chi connectivity index (χ4n) is 2.87. The van der Waals surface area contributed by atoms with Gasteiger partial charge >= 0.3 is 0 Å². The summed E-state index contributed by atoms with van der Waals surface area (Å²) in [6.07, 6.45) is 4.73. The van der Waals surface area contributed by atoms with Crippen LogP contribution in [0.15, 0.2) is 24.3 Å². The molecule has 4 heteroatoms. The van der Waals surface area contributed by atoms with Crippen LogP contribution < -0.4 is 10.1 Å². The topological polar surface area (TPSA) is 41.6 Å². The van der Waals surface area contributed by atoms with E-state index >= 15 is 0 Å². The van der Waals surface area contributed by atoms with Crippen molar-refractivity contribution in [3.05, 3.63) is 29.8 Å². The predicted molar refractivity (Wildman–Crippen MR) is 88.9 cm³/mol. The summed E-state index contributed by atoms with van der Waals surface area (Å²) in [5, 5.41) is 3.17. The van der Waals surface area contributed by atoms with Crippen LogP contribution in [0.4, 0.5) is 0 Å². The molecule has 1 aromatic carbocycles. The number of nitrogens with one attached hydrogen (secondary N) is 1. The standard InChI is InChI=1S/C18H28N2O2/c1-4-22-17-11-9-15(10-12-17)13-20(3)14(2)18(21)19-16-7-5-6-8-16/h9-12,14,16H,4-8,13H2,1-3H3,(H,19,21)/t14-/m0/s1. The van der Waals surface area contributed by atoms with E-state index in [9.17, 15) is 4.79 Å². The van der Waals surface area contributed by atoms with E-state index in [0.717, 1.165) is 25.1 Å². The highest BCUT2D eigenvalue weighted by atomic mass is 16.5. The zero-order valence-corrected chi connectivity index (χ0v) is 14.0. The second-order valence-corrected chi connectivity index (χ2v) is 6.16. The Kier molecular flexibility index (Phi) is 6.25. The van der Waals surface area contributed by atoms with Crippen LogP contribution in [-0.4, -0.2) is 36.5 Å². The summed E-state index contributed by atoms with van der Waals surface area (Å²) < 4.78 is 5.45. The van der Waals surface area contributed by atoms with Crippen molar-refractivity contribution in [1.29, 1.82) is 0 Å². The lowest BCUT2D eigenvalue weighted by molar-refractivity contribution is -0.126. The summed E-state index contributed by atoms with van der Waals surface area (Å²) in [6.45, 7) is 5.38. The monoisotopic (exact) mass is 304 g/mol. The molecule has 4 nitrogen and oxygen atoms in total. The van der Waals surface area contributed by atoms with Crippen molar-refractivity contribution in [3.63, 3.8) is 0 Å². The van der Waals surface area contributed by atoms with E-state index in [0.29, 0.717) is 12.6 Å². The number of carbonyl (C=O) groups is 1. The quantitative estimate of drug-likeness (QED) is 0.842. The number of hydrogen-bond donors (Lipinski definition) is 1. The van der Waals surface area contributed by atoms with Gasteiger partial charge in [0.1, 0.15) is 5.75 Å². The number of hydrogen-bond acceptors (Lipinski definition) is 3. The molecule has 0 aromatic heterocycles. The minimum Gasteiger partial charge on any atom is -0.494 e. The second kappa shape index (κ2) is 8.18. The van der Waals surface area contributed by atoms with Crippen LogP contribution in [0.3, 0.4) is 0 Å². The Bertz CT molecular complexity index is 466. The summed E-state index contributed by atoms with van der Waals surface area (Å²) in [5.41, 5.74) is 1.19. The fraction of sp³-hybridized carbons (Fsp3) is 0.611. The summed E-state index contributed by atoms with van der Waals surface area (Å²) in [5.74, 6) is 1.03. The molecule has 122 valence electrons. The molecule has 1 N–H and O–H groups in total. The molecular weight excluding hydrogens is 276 g/mol. The lowest BCUT2D eigenvalue weighted by Crippen LogP contribution is -2.46. The van der Waals surface area contributed by atoms with Crippen molar-refractivity contribution < 1.29 is 9.53 Å². The van der Waals surface area contributed by atoms with Crippen LogP contribution in [0.25, 0.3) is 0 Å². The summed E-state index contributed by atoms with van der Waals surface area (Å²) in [7, 11) is 2.00. The van der Waals surface area contributed by atoms with Gasteiger partial charge in [-0.1, -0.05) is 25.0 Å². The molecule has 1 aliphatic rings. The maximum Gasteiger partial charge on any atom is 0.237 e. The Morgan fingerprint density at radius 3 is 2.55 bits per heavy atom. The van der Waals surface area contributed by atoms with Gasteiger partial charge in [-0.15, -0.1) is 0 Å². The average Bonchev–Trinajstić information content (AvgIpc) is 3.01. The third-order valence-electron chi connectivity index (χ3n) is 4.41. The van der Waals surface area contributed by atoms with Gasteiger partial charge in [0.15, 0.2) is 0 Å². The number of nitrogens with zero attached hydrogens (tertiary/aromatic N) is 1. The Morgan fingerprint density at radius 2 is 1.95 bits per heavy atom. The number of likely N-dealkylation sites (N-methyl/N-ethyl adjacent to an activating group) is 1. The molecule has 2 rings (SSSR count). The van der Waals surface area contributed by atoms with Crippen LogP contribution in [0.1, 0.15) is 45.1 Å². The van der Waals surface area contributed by atoms with Crippen molar-refractivity contribution in [3.8, 4) is 5.75 Å². The molecule has 0 radical (unpaired) electrons. The van der Waals surface area contributed by atoms with Gasteiger partial charge in [-0.05, 0) is 51.4 Å². The van der Waals surface area contributed by atoms with Gasteiger partial charge < -0.3 is 10.1 Å². The highest BCUT2D eigenvalue weighted by Gasteiger charge is 2.23. The van der Waals surface area contributed by atoms with E-state index in [1.807, 2.05) is 33.0 Å². The molecular formula is C18H28N2O2. The molecule has 0 bridgehead atoms. The Labute approximate surface area is 133 Å². The van der Waals surface area contributed by atoms with Crippen molar-refractivity contribution in [1.82, 2.24) is 10.2 Å². The molecule has 1 aliphatic carbocycles. The van der Waals surface area contributed by atoms with Crippen molar-refractivity contribution in [2.75, 3.05) is 13.7 Å². The first kappa shape index (κ1) is 16.8. The van der Waals surface area contributed by atoms with Gasteiger partial charge in [0.2, 0.25) is 5.91 Å². The number of amides is 1. The number of benzene rings is 1. The molecule has 1 saturated carbocycles. The highest BCUT2D eigenvalue weighted by Crippen LogP contribution is 2.18. The number of rotatable bonds is 7. The SMILES string of the molecule is CCOc1ccc(CN(C)[C@@H](C)C(=O)NC2CCCC2)cc1. The summed E-state index contributed by atoms with van der Waals surface area (Å²) in [4.78, 5) is 14.4.